The lowest BCUT2D eigenvalue weighted by Crippen LogP contribution is -2.17. The number of nitrogens with one attached hydrogen (secondary N) is 1. The van der Waals surface area contributed by atoms with E-state index in [1.54, 1.807) is 29.9 Å². The van der Waals surface area contributed by atoms with Crippen LogP contribution < -0.4 is 10.5 Å². The Bertz CT molecular complexity index is 768. The summed E-state index contributed by atoms with van der Waals surface area (Å²) in [5, 5.41) is 7.27. The zero-order valence-electron chi connectivity index (χ0n) is 10.5. The van der Waals surface area contributed by atoms with Gasteiger partial charge in [0.25, 0.3) is 5.91 Å². The molecule has 1 heterocycles. The third-order valence-electron chi connectivity index (χ3n) is 2.69. The molecule has 0 fully saturated rings. The van der Waals surface area contributed by atoms with Gasteiger partial charge in [-0.1, -0.05) is 0 Å². The minimum Gasteiger partial charge on any atom is -0.347 e. The molecule has 2 rings (SSSR count). The van der Waals surface area contributed by atoms with Crippen molar-refractivity contribution in [3.05, 3.63) is 48.0 Å². The Balaban J connectivity index is 2.34. The van der Waals surface area contributed by atoms with Crippen LogP contribution in [0.4, 0.5) is 10.1 Å². The van der Waals surface area contributed by atoms with Gasteiger partial charge >= 0.3 is 0 Å². The summed E-state index contributed by atoms with van der Waals surface area (Å²) in [5.74, 6) is -1.30. The van der Waals surface area contributed by atoms with Gasteiger partial charge < -0.3 is 9.88 Å². The van der Waals surface area contributed by atoms with Crippen LogP contribution in [-0.2, 0) is 17.1 Å². The topological polar surface area (TPSA) is 94.2 Å². The molecule has 0 bridgehead atoms. The SMILES string of the molecule is Cn1cccc1C(=O)Nc1cc(S(N)(=O)=O)ccc1F. The van der Waals surface area contributed by atoms with Crippen LogP contribution in [0, 0.1) is 5.82 Å². The molecule has 2 aromatic rings. The van der Waals surface area contributed by atoms with Gasteiger partial charge in [0.1, 0.15) is 11.5 Å². The van der Waals surface area contributed by atoms with Gasteiger partial charge in [-0.2, -0.15) is 0 Å². The molecule has 0 radical (unpaired) electrons. The summed E-state index contributed by atoms with van der Waals surface area (Å²) < 4.78 is 37.6. The lowest BCUT2D eigenvalue weighted by Gasteiger charge is -2.08. The van der Waals surface area contributed by atoms with E-state index in [1.165, 1.54) is 0 Å². The van der Waals surface area contributed by atoms with Crippen LogP contribution in [0.25, 0.3) is 0 Å². The van der Waals surface area contributed by atoms with Crippen molar-refractivity contribution >= 4 is 21.6 Å². The number of primary sulfonamides is 1. The van der Waals surface area contributed by atoms with Gasteiger partial charge in [0.05, 0.1) is 10.6 Å². The lowest BCUT2D eigenvalue weighted by atomic mass is 10.3. The first kappa shape index (κ1) is 14.2. The predicted octanol–water partition coefficient (Wildman–Crippen LogP) is 1.06. The van der Waals surface area contributed by atoms with Crippen molar-refractivity contribution < 1.29 is 17.6 Å². The van der Waals surface area contributed by atoms with E-state index in [0.29, 0.717) is 5.69 Å². The molecule has 6 nitrogen and oxygen atoms in total. The molecule has 0 aliphatic rings. The summed E-state index contributed by atoms with van der Waals surface area (Å²) in [4.78, 5) is 11.7. The number of nitrogens with two attached hydrogens (primary N) is 1. The molecule has 0 saturated carbocycles. The number of halogens is 1. The van der Waals surface area contributed by atoms with Crippen LogP contribution in [0.3, 0.4) is 0 Å². The Hall–Kier alpha value is -2.19. The Kier molecular flexibility index (Phi) is 3.60. The number of nitrogens with zero attached hydrogens (tertiary/aromatic N) is 1. The highest BCUT2D eigenvalue weighted by molar-refractivity contribution is 7.89. The van der Waals surface area contributed by atoms with Crippen molar-refractivity contribution in [2.45, 2.75) is 4.90 Å². The normalized spacial score (nSPS) is 11.3. The monoisotopic (exact) mass is 297 g/mol. The summed E-state index contributed by atoms with van der Waals surface area (Å²) in [6.07, 6.45) is 1.66. The van der Waals surface area contributed by atoms with Gasteiger partial charge in [-0.25, -0.2) is 17.9 Å². The minimum absolute atomic E-state index is 0.247. The van der Waals surface area contributed by atoms with Gasteiger partial charge in [0.15, 0.2) is 0 Å². The number of anilines is 1. The Labute approximate surface area is 115 Å². The van der Waals surface area contributed by atoms with Gasteiger partial charge in [0.2, 0.25) is 10.0 Å². The number of amides is 1. The molecule has 0 spiro atoms. The van der Waals surface area contributed by atoms with Crippen molar-refractivity contribution in [2.75, 3.05) is 5.32 Å². The van der Waals surface area contributed by atoms with E-state index < -0.39 is 21.7 Å². The molecule has 0 aliphatic heterocycles. The maximum atomic E-state index is 13.6. The van der Waals surface area contributed by atoms with E-state index in [-0.39, 0.29) is 10.6 Å². The third kappa shape index (κ3) is 2.86. The third-order valence-corrected chi connectivity index (χ3v) is 3.60. The summed E-state index contributed by atoms with van der Waals surface area (Å²) >= 11 is 0. The number of rotatable bonds is 3. The fraction of sp³-hybridized carbons (Fsp3) is 0.0833. The van der Waals surface area contributed by atoms with Crippen LogP contribution in [0.2, 0.25) is 0 Å². The molecule has 3 N–H and O–H groups in total. The first-order chi connectivity index (χ1) is 9.29. The van der Waals surface area contributed by atoms with E-state index in [4.69, 9.17) is 5.14 Å². The van der Waals surface area contributed by atoms with Crippen LogP contribution in [0.15, 0.2) is 41.4 Å². The fourth-order valence-electron chi connectivity index (χ4n) is 1.66. The molecule has 0 atom stereocenters. The maximum Gasteiger partial charge on any atom is 0.272 e. The number of carbonyl (C=O) groups excluding carboxylic acids is 1. The van der Waals surface area contributed by atoms with E-state index in [0.717, 1.165) is 18.2 Å². The van der Waals surface area contributed by atoms with E-state index >= 15 is 0 Å². The molecule has 1 aromatic carbocycles. The Morgan fingerprint density at radius 3 is 2.60 bits per heavy atom. The smallest absolute Gasteiger partial charge is 0.272 e. The number of aryl methyl sites for hydroxylation is 1. The van der Waals surface area contributed by atoms with Crippen molar-refractivity contribution in [1.29, 1.82) is 0 Å². The molecule has 8 heteroatoms. The Morgan fingerprint density at radius 2 is 2.05 bits per heavy atom. The second-order valence-corrected chi connectivity index (χ2v) is 5.71. The van der Waals surface area contributed by atoms with E-state index in [1.807, 2.05) is 0 Å². The second kappa shape index (κ2) is 5.06. The molecule has 0 unspecified atom stereocenters. The fourth-order valence-corrected chi connectivity index (χ4v) is 2.20. The van der Waals surface area contributed by atoms with Crippen LogP contribution in [0.5, 0.6) is 0 Å². The number of aromatic nitrogens is 1. The number of carbonyl (C=O) groups is 1. The van der Waals surface area contributed by atoms with E-state index in [2.05, 4.69) is 5.32 Å². The average molecular weight is 297 g/mol. The summed E-state index contributed by atoms with van der Waals surface area (Å²) in [7, 11) is -2.30. The highest BCUT2D eigenvalue weighted by Crippen LogP contribution is 2.19. The van der Waals surface area contributed by atoms with Crippen molar-refractivity contribution in [3.8, 4) is 0 Å². The Morgan fingerprint density at radius 1 is 1.35 bits per heavy atom. The summed E-state index contributed by atoms with van der Waals surface area (Å²) in [6.45, 7) is 0. The summed E-state index contributed by atoms with van der Waals surface area (Å²) in [6, 6.07) is 6.15. The molecule has 0 aliphatic carbocycles. The molecular formula is C12H12FN3O3S. The average Bonchev–Trinajstić information content (AvgIpc) is 2.77. The number of benzene rings is 1. The number of sulfonamides is 1. The maximum absolute atomic E-state index is 13.6. The van der Waals surface area contributed by atoms with Crippen LogP contribution >= 0.6 is 0 Å². The van der Waals surface area contributed by atoms with Crippen molar-refractivity contribution in [1.82, 2.24) is 4.57 Å². The van der Waals surface area contributed by atoms with E-state index in [9.17, 15) is 17.6 Å². The standard InChI is InChI=1S/C12H12FN3O3S/c1-16-6-2-3-11(16)12(17)15-10-7-8(20(14,18)19)4-5-9(10)13/h2-7H,1H3,(H,15,17)(H2,14,18,19). The largest absolute Gasteiger partial charge is 0.347 e. The first-order valence-corrected chi connectivity index (χ1v) is 7.08. The highest BCUT2D eigenvalue weighted by atomic mass is 32.2. The van der Waals surface area contributed by atoms with Crippen molar-refractivity contribution in [2.24, 2.45) is 12.2 Å². The zero-order valence-corrected chi connectivity index (χ0v) is 11.3. The highest BCUT2D eigenvalue weighted by Gasteiger charge is 2.15. The lowest BCUT2D eigenvalue weighted by molar-refractivity contribution is 0.101. The summed E-state index contributed by atoms with van der Waals surface area (Å²) in [5.41, 5.74) is 0.0631. The minimum atomic E-state index is -3.96. The number of hydrogen-bond donors (Lipinski definition) is 2. The molecule has 20 heavy (non-hydrogen) atoms. The van der Waals surface area contributed by atoms with Crippen LogP contribution in [-0.4, -0.2) is 18.9 Å². The molecule has 1 amide bonds. The number of hydrogen-bond acceptors (Lipinski definition) is 3. The quantitative estimate of drug-likeness (QED) is 0.887. The molecule has 1 aromatic heterocycles. The van der Waals surface area contributed by atoms with Gasteiger partial charge in [0, 0.05) is 13.2 Å². The second-order valence-electron chi connectivity index (χ2n) is 4.15. The zero-order chi connectivity index (χ0) is 14.9. The van der Waals surface area contributed by atoms with Gasteiger partial charge in [-0.3, -0.25) is 4.79 Å². The molecule has 0 saturated heterocycles. The predicted molar refractivity (Wildman–Crippen MR) is 71.1 cm³/mol. The molecular weight excluding hydrogens is 285 g/mol. The first-order valence-electron chi connectivity index (χ1n) is 5.54. The van der Waals surface area contributed by atoms with Crippen LogP contribution in [0.1, 0.15) is 10.5 Å². The molecule has 106 valence electrons. The van der Waals surface area contributed by atoms with Gasteiger partial charge in [-0.15, -0.1) is 0 Å². The van der Waals surface area contributed by atoms with Crippen molar-refractivity contribution in [3.63, 3.8) is 0 Å². The van der Waals surface area contributed by atoms with Gasteiger partial charge in [-0.05, 0) is 30.3 Å².